The van der Waals surface area contributed by atoms with Crippen LogP contribution in [0.2, 0.25) is 0 Å². The Balaban J connectivity index is 2.11. The molecule has 1 amide bonds. The summed E-state index contributed by atoms with van der Waals surface area (Å²) >= 11 is 0. The highest BCUT2D eigenvalue weighted by Crippen LogP contribution is 2.25. The lowest BCUT2D eigenvalue weighted by atomic mass is 10.2. The Morgan fingerprint density at radius 3 is 2.38 bits per heavy atom. The Morgan fingerprint density at radius 2 is 1.76 bits per heavy atom. The van der Waals surface area contributed by atoms with Gasteiger partial charge in [-0.1, -0.05) is 0 Å². The second-order valence-corrected chi connectivity index (χ2v) is 4.37. The van der Waals surface area contributed by atoms with E-state index >= 15 is 0 Å². The summed E-state index contributed by atoms with van der Waals surface area (Å²) in [5.74, 6) is -0.190. The minimum Gasteiger partial charge on any atom is -0.399 e. The van der Waals surface area contributed by atoms with Gasteiger partial charge in [0, 0.05) is 12.6 Å². The second-order valence-electron chi connectivity index (χ2n) is 4.37. The first-order valence-corrected chi connectivity index (χ1v) is 6.21. The van der Waals surface area contributed by atoms with E-state index in [1.54, 1.807) is 42.5 Å². The molecule has 0 heterocycles. The predicted octanol–water partition coefficient (Wildman–Crippen LogP) is 3.06. The van der Waals surface area contributed by atoms with Crippen LogP contribution < -0.4 is 21.9 Å². The van der Waals surface area contributed by atoms with Crippen molar-refractivity contribution in [1.29, 1.82) is 0 Å². The van der Waals surface area contributed by atoms with E-state index in [0.29, 0.717) is 22.7 Å². The number of nitrogens with zero attached hydrogens (tertiary/aromatic N) is 1. The molecular formula is C14H15N5O2. The van der Waals surface area contributed by atoms with Crippen molar-refractivity contribution in [1.82, 2.24) is 0 Å². The average Bonchev–Trinajstić information content (AvgIpc) is 2.46. The zero-order chi connectivity index (χ0) is 15.2. The van der Waals surface area contributed by atoms with Crippen LogP contribution in [0.1, 0.15) is 6.92 Å². The van der Waals surface area contributed by atoms with Crippen LogP contribution in [0, 0.1) is 4.91 Å². The maximum atomic E-state index is 11.2. The third kappa shape index (κ3) is 3.93. The molecule has 2 rings (SSSR count). The standard InChI is InChI=1S/C14H15N5O2/c1-9(20)16-14-8-10(15)2-7-13(14)18-17-11-3-5-12(19-21)6-4-11/h2-8,17-18H,15H2,1H3,(H,16,20). The number of hydrogen-bond donors (Lipinski definition) is 4. The predicted molar refractivity (Wildman–Crippen MR) is 84.3 cm³/mol. The summed E-state index contributed by atoms with van der Waals surface area (Å²) in [6, 6.07) is 11.7. The maximum absolute atomic E-state index is 11.2. The molecule has 2 aromatic carbocycles. The van der Waals surface area contributed by atoms with E-state index in [4.69, 9.17) is 5.73 Å². The van der Waals surface area contributed by atoms with Gasteiger partial charge in [-0.2, -0.15) is 0 Å². The van der Waals surface area contributed by atoms with Gasteiger partial charge in [0.1, 0.15) is 5.69 Å². The zero-order valence-electron chi connectivity index (χ0n) is 11.4. The molecule has 7 nitrogen and oxygen atoms in total. The van der Waals surface area contributed by atoms with E-state index in [-0.39, 0.29) is 5.91 Å². The zero-order valence-corrected chi connectivity index (χ0v) is 11.4. The van der Waals surface area contributed by atoms with Gasteiger partial charge in [0.25, 0.3) is 0 Å². The van der Waals surface area contributed by atoms with Crippen molar-refractivity contribution in [2.75, 3.05) is 21.9 Å². The Kier molecular flexibility index (Phi) is 4.35. The van der Waals surface area contributed by atoms with Crippen LogP contribution in [-0.2, 0) is 4.79 Å². The highest BCUT2D eigenvalue weighted by molar-refractivity contribution is 5.93. The summed E-state index contributed by atoms with van der Waals surface area (Å²) in [6.45, 7) is 1.42. The number of rotatable bonds is 5. The van der Waals surface area contributed by atoms with Gasteiger partial charge in [0.15, 0.2) is 0 Å². The van der Waals surface area contributed by atoms with Crippen molar-refractivity contribution in [2.45, 2.75) is 6.92 Å². The van der Waals surface area contributed by atoms with E-state index in [1.165, 1.54) is 6.92 Å². The molecule has 0 fully saturated rings. The first-order chi connectivity index (χ1) is 10.1. The van der Waals surface area contributed by atoms with Crippen LogP contribution in [0.4, 0.5) is 28.4 Å². The van der Waals surface area contributed by atoms with E-state index in [2.05, 4.69) is 21.3 Å². The first kappa shape index (κ1) is 14.3. The van der Waals surface area contributed by atoms with Crippen LogP contribution in [0.5, 0.6) is 0 Å². The number of nitrogen functional groups attached to an aromatic ring is 1. The van der Waals surface area contributed by atoms with Crippen molar-refractivity contribution in [3.63, 3.8) is 0 Å². The molecule has 0 radical (unpaired) electrons. The first-order valence-electron chi connectivity index (χ1n) is 6.21. The van der Waals surface area contributed by atoms with E-state index in [1.807, 2.05) is 0 Å². The quantitative estimate of drug-likeness (QED) is 0.383. The molecule has 21 heavy (non-hydrogen) atoms. The fourth-order valence-electron chi connectivity index (χ4n) is 1.71. The molecule has 0 aliphatic carbocycles. The van der Waals surface area contributed by atoms with Gasteiger partial charge in [-0.25, -0.2) is 0 Å². The van der Waals surface area contributed by atoms with Gasteiger partial charge in [-0.3, -0.25) is 10.2 Å². The minimum absolute atomic E-state index is 0.190. The Morgan fingerprint density at radius 1 is 1.05 bits per heavy atom. The van der Waals surface area contributed by atoms with Crippen LogP contribution in [0.25, 0.3) is 0 Å². The van der Waals surface area contributed by atoms with Crippen LogP contribution in [0.15, 0.2) is 47.6 Å². The van der Waals surface area contributed by atoms with Gasteiger partial charge in [0.05, 0.1) is 17.1 Å². The largest absolute Gasteiger partial charge is 0.399 e. The van der Waals surface area contributed by atoms with Crippen molar-refractivity contribution in [3.05, 3.63) is 47.4 Å². The van der Waals surface area contributed by atoms with Crippen molar-refractivity contribution in [3.8, 4) is 0 Å². The molecule has 0 saturated heterocycles. The molecule has 2 aromatic rings. The number of benzene rings is 2. The summed E-state index contributed by atoms with van der Waals surface area (Å²) in [6.07, 6.45) is 0. The number of anilines is 4. The molecule has 108 valence electrons. The molecule has 0 aromatic heterocycles. The van der Waals surface area contributed by atoms with Crippen LogP contribution in [0.3, 0.4) is 0 Å². The molecule has 7 heteroatoms. The third-order valence-electron chi connectivity index (χ3n) is 2.67. The minimum atomic E-state index is -0.190. The topological polar surface area (TPSA) is 109 Å². The van der Waals surface area contributed by atoms with Gasteiger partial charge >= 0.3 is 0 Å². The molecule has 5 N–H and O–H groups in total. The van der Waals surface area contributed by atoms with E-state index in [9.17, 15) is 9.70 Å². The van der Waals surface area contributed by atoms with E-state index < -0.39 is 0 Å². The third-order valence-corrected chi connectivity index (χ3v) is 2.67. The SMILES string of the molecule is CC(=O)Nc1cc(N)ccc1NNc1ccc(N=O)cc1. The fourth-order valence-corrected chi connectivity index (χ4v) is 1.71. The molecule has 0 unspecified atom stereocenters. The number of carbonyl (C=O) groups excluding carboxylic acids is 1. The number of nitroso groups, excluding NO2 is 1. The number of hydrogen-bond acceptors (Lipinski definition) is 6. The van der Waals surface area contributed by atoms with E-state index in [0.717, 1.165) is 5.69 Å². The monoisotopic (exact) mass is 285 g/mol. The van der Waals surface area contributed by atoms with Crippen LogP contribution >= 0.6 is 0 Å². The second kappa shape index (κ2) is 6.38. The van der Waals surface area contributed by atoms with Gasteiger partial charge < -0.3 is 16.5 Å². The number of amides is 1. The summed E-state index contributed by atoms with van der Waals surface area (Å²) < 4.78 is 0. The number of nitrogens with one attached hydrogen (secondary N) is 3. The molecule has 0 aliphatic rings. The normalized spacial score (nSPS) is 9.76. The number of carbonyl (C=O) groups is 1. The molecule has 0 aliphatic heterocycles. The van der Waals surface area contributed by atoms with Crippen molar-refractivity contribution in [2.24, 2.45) is 5.18 Å². The number of nitrogens with two attached hydrogens (primary N) is 1. The average molecular weight is 285 g/mol. The maximum Gasteiger partial charge on any atom is 0.221 e. The lowest BCUT2D eigenvalue weighted by Gasteiger charge is -2.14. The van der Waals surface area contributed by atoms with Crippen molar-refractivity contribution >= 4 is 34.3 Å². The summed E-state index contributed by atoms with van der Waals surface area (Å²) in [4.78, 5) is 21.5. The molecule has 0 atom stereocenters. The molecular weight excluding hydrogens is 270 g/mol. The van der Waals surface area contributed by atoms with Gasteiger partial charge in [-0.15, -0.1) is 4.91 Å². The summed E-state index contributed by atoms with van der Waals surface area (Å²) in [5.41, 5.74) is 14.5. The lowest BCUT2D eigenvalue weighted by molar-refractivity contribution is -0.114. The lowest BCUT2D eigenvalue weighted by Crippen LogP contribution is -2.13. The molecule has 0 spiro atoms. The van der Waals surface area contributed by atoms with Gasteiger partial charge in [-0.05, 0) is 47.6 Å². The molecule has 0 saturated carbocycles. The number of hydrazine groups is 1. The summed E-state index contributed by atoms with van der Waals surface area (Å²) in [7, 11) is 0. The van der Waals surface area contributed by atoms with Crippen LogP contribution in [-0.4, -0.2) is 5.91 Å². The highest BCUT2D eigenvalue weighted by atomic mass is 16.3. The Hall–Kier alpha value is -3.09. The smallest absolute Gasteiger partial charge is 0.221 e. The highest BCUT2D eigenvalue weighted by Gasteiger charge is 2.04. The Labute approximate surface area is 121 Å². The summed E-state index contributed by atoms with van der Waals surface area (Å²) in [5, 5.41) is 5.52. The van der Waals surface area contributed by atoms with Gasteiger partial charge in [0.2, 0.25) is 5.91 Å². The Bertz CT molecular complexity index is 655. The molecule has 0 bridgehead atoms. The fraction of sp³-hybridized carbons (Fsp3) is 0.0714. The van der Waals surface area contributed by atoms with Crippen molar-refractivity contribution < 1.29 is 4.79 Å².